The van der Waals surface area contributed by atoms with Crippen molar-refractivity contribution in [1.82, 2.24) is 15.6 Å². The number of rotatable bonds is 5. The predicted octanol–water partition coefficient (Wildman–Crippen LogP) is 1.17. The van der Waals surface area contributed by atoms with Gasteiger partial charge in [-0.1, -0.05) is 6.07 Å². The van der Waals surface area contributed by atoms with Crippen LogP contribution in [0.2, 0.25) is 0 Å². The summed E-state index contributed by atoms with van der Waals surface area (Å²) in [6.45, 7) is 6.18. The number of likely N-dealkylation sites (N-methyl/N-ethyl adjacent to an activating group) is 1. The fourth-order valence-corrected chi connectivity index (χ4v) is 1.35. The molecule has 0 aromatic carbocycles. The highest BCUT2D eigenvalue weighted by atomic mass is 15.0. The minimum absolute atomic E-state index is 0.116. The molecule has 0 aliphatic heterocycles. The first-order chi connectivity index (χ1) is 6.64. The molecule has 0 bridgehead atoms. The first-order valence-electron chi connectivity index (χ1n) is 4.92. The van der Waals surface area contributed by atoms with Crippen LogP contribution in [0.5, 0.6) is 0 Å². The molecule has 0 aliphatic carbocycles. The minimum Gasteiger partial charge on any atom is -0.318 e. The lowest BCUT2D eigenvalue weighted by molar-refractivity contribution is 0.373. The van der Waals surface area contributed by atoms with Gasteiger partial charge in [0.1, 0.15) is 0 Å². The van der Waals surface area contributed by atoms with E-state index in [0.717, 1.165) is 13.1 Å². The van der Waals surface area contributed by atoms with Gasteiger partial charge in [0.25, 0.3) is 0 Å². The molecule has 0 amide bonds. The summed E-state index contributed by atoms with van der Waals surface area (Å²) in [7, 11) is 1.97. The molecule has 0 saturated heterocycles. The van der Waals surface area contributed by atoms with Crippen LogP contribution in [0.1, 0.15) is 19.4 Å². The predicted molar refractivity (Wildman–Crippen MR) is 59.1 cm³/mol. The molecular weight excluding hydrogens is 174 g/mol. The molecule has 0 fully saturated rings. The summed E-state index contributed by atoms with van der Waals surface area (Å²) in [6, 6.07) is 4.04. The van der Waals surface area contributed by atoms with E-state index >= 15 is 0 Å². The summed E-state index contributed by atoms with van der Waals surface area (Å²) in [5.74, 6) is 0. The summed E-state index contributed by atoms with van der Waals surface area (Å²) < 4.78 is 0. The lowest BCUT2D eigenvalue weighted by Crippen LogP contribution is -2.46. The van der Waals surface area contributed by atoms with E-state index in [1.165, 1.54) is 5.56 Å². The van der Waals surface area contributed by atoms with E-state index in [1.54, 1.807) is 6.20 Å². The third-order valence-electron chi connectivity index (χ3n) is 2.11. The zero-order valence-electron chi connectivity index (χ0n) is 9.17. The van der Waals surface area contributed by atoms with Crippen molar-refractivity contribution >= 4 is 0 Å². The molecule has 1 aromatic heterocycles. The normalized spacial score (nSPS) is 11.6. The van der Waals surface area contributed by atoms with Crippen molar-refractivity contribution in [3.63, 3.8) is 0 Å². The summed E-state index contributed by atoms with van der Waals surface area (Å²) in [5, 5.41) is 6.64. The average Bonchev–Trinajstić information content (AvgIpc) is 2.17. The number of aromatic nitrogens is 1. The molecule has 0 saturated carbocycles. The Balaban J connectivity index is 2.40. The number of nitrogens with one attached hydrogen (secondary N) is 2. The maximum atomic E-state index is 4.08. The summed E-state index contributed by atoms with van der Waals surface area (Å²) in [4.78, 5) is 4.08. The fourth-order valence-electron chi connectivity index (χ4n) is 1.35. The van der Waals surface area contributed by atoms with Crippen LogP contribution >= 0.6 is 0 Å². The molecule has 3 nitrogen and oxygen atoms in total. The number of pyridine rings is 1. The van der Waals surface area contributed by atoms with Gasteiger partial charge in [-0.2, -0.15) is 0 Å². The van der Waals surface area contributed by atoms with Gasteiger partial charge in [0.15, 0.2) is 0 Å². The molecule has 2 N–H and O–H groups in total. The van der Waals surface area contributed by atoms with Gasteiger partial charge in [-0.3, -0.25) is 4.98 Å². The Labute approximate surface area is 85.9 Å². The van der Waals surface area contributed by atoms with Crippen LogP contribution in [-0.2, 0) is 6.54 Å². The van der Waals surface area contributed by atoms with Crippen LogP contribution in [0.4, 0.5) is 0 Å². The topological polar surface area (TPSA) is 37.0 Å². The van der Waals surface area contributed by atoms with Gasteiger partial charge in [-0.05, 0) is 32.5 Å². The quantitative estimate of drug-likeness (QED) is 0.737. The van der Waals surface area contributed by atoms with Gasteiger partial charge in [-0.25, -0.2) is 0 Å². The zero-order valence-corrected chi connectivity index (χ0v) is 9.17. The Morgan fingerprint density at radius 3 is 2.79 bits per heavy atom. The van der Waals surface area contributed by atoms with Gasteiger partial charge in [-0.15, -0.1) is 0 Å². The molecule has 0 radical (unpaired) electrons. The van der Waals surface area contributed by atoms with E-state index in [-0.39, 0.29) is 5.54 Å². The van der Waals surface area contributed by atoms with Crippen LogP contribution in [-0.4, -0.2) is 24.1 Å². The Kier molecular flexibility index (Phi) is 4.04. The smallest absolute Gasteiger partial charge is 0.0312 e. The van der Waals surface area contributed by atoms with Gasteiger partial charge >= 0.3 is 0 Å². The van der Waals surface area contributed by atoms with Crippen LogP contribution in [0.3, 0.4) is 0 Å². The summed E-state index contributed by atoms with van der Waals surface area (Å²) in [6.07, 6.45) is 3.69. The van der Waals surface area contributed by atoms with Crippen molar-refractivity contribution in [2.24, 2.45) is 0 Å². The largest absolute Gasteiger partial charge is 0.318 e. The van der Waals surface area contributed by atoms with Crippen LogP contribution in [0, 0.1) is 0 Å². The number of hydrogen-bond donors (Lipinski definition) is 2. The van der Waals surface area contributed by atoms with Crippen molar-refractivity contribution in [2.75, 3.05) is 13.6 Å². The van der Waals surface area contributed by atoms with E-state index in [0.29, 0.717) is 0 Å². The zero-order chi connectivity index (χ0) is 10.4. The van der Waals surface area contributed by atoms with Crippen molar-refractivity contribution in [2.45, 2.75) is 25.9 Å². The third kappa shape index (κ3) is 3.85. The maximum absolute atomic E-state index is 4.08. The molecule has 0 aliphatic rings. The summed E-state index contributed by atoms with van der Waals surface area (Å²) in [5.41, 5.74) is 1.33. The second-order valence-electron chi connectivity index (χ2n) is 4.13. The molecule has 14 heavy (non-hydrogen) atoms. The molecule has 0 spiro atoms. The highest BCUT2D eigenvalue weighted by Crippen LogP contribution is 2.02. The third-order valence-corrected chi connectivity index (χ3v) is 2.11. The molecule has 1 rings (SSSR count). The maximum Gasteiger partial charge on any atom is 0.0312 e. The van der Waals surface area contributed by atoms with E-state index in [9.17, 15) is 0 Å². The molecule has 1 heterocycles. The van der Waals surface area contributed by atoms with Gasteiger partial charge < -0.3 is 10.6 Å². The standard InChI is InChI=1S/C11H19N3/c1-11(2,9-12-3)14-8-10-5-4-6-13-7-10/h4-7,12,14H,8-9H2,1-3H3. The SMILES string of the molecule is CNCC(C)(C)NCc1cccnc1. The monoisotopic (exact) mass is 193 g/mol. The molecule has 78 valence electrons. The van der Waals surface area contributed by atoms with Crippen LogP contribution in [0.25, 0.3) is 0 Å². The van der Waals surface area contributed by atoms with E-state index in [4.69, 9.17) is 0 Å². The van der Waals surface area contributed by atoms with Crippen molar-refractivity contribution in [3.05, 3.63) is 30.1 Å². The first-order valence-corrected chi connectivity index (χ1v) is 4.92. The first kappa shape index (κ1) is 11.1. The molecule has 3 heteroatoms. The minimum atomic E-state index is 0.116. The van der Waals surface area contributed by atoms with Crippen molar-refractivity contribution < 1.29 is 0 Å². The highest BCUT2D eigenvalue weighted by molar-refractivity contribution is 5.08. The van der Waals surface area contributed by atoms with Gasteiger partial charge in [0.05, 0.1) is 0 Å². The van der Waals surface area contributed by atoms with Crippen molar-refractivity contribution in [1.29, 1.82) is 0 Å². The Morgan fingerprint density at radius 2 is 2.21 bits per heavy atom. The van der Waals surface area contributed by atoms with E-state index < -0.39 is 0 Å². The summed E-state index contributed by atoms with van der Waals surface area (Å²) >= 11 is 0. The second kappa shape index (κ2) is 5.08. The lowest BCUT2D eigenvalue weighted by atomic mass is 10.1. The molecule has 0 atom stereocenters. The fraction of sp³-hybridized carbons (Fsp3) is 0.545. The van der Waals surface area contributed by atoms with Crippen LogP contribution < -0.4 is 10.6 Å². The molecule has 0 unspecified atom stereocenters. The average molecular weight is 193 g/mol. The second-order valence-corrected chi connectivity index (χ2v) is 4.13. The number of hydrogen-bond acceptors (Lipinski definition) is 3. The van der Waals surface area contributed by atoms with Crippen LogP contribution in [0.15, 0.2) is 24.5 Å². The van der Waals surface area contributed by atoms with E-state index in [2.05, 4.69) is 35.5 Å². The Morgan fingerprint density at radius 1 is 1.43 bits per heavy atom. The number of nitrogens with zero attached hydrogens (tertiary/aromatic N) is 1. The van der Waals surface area contributed by atoms with Crippen molar-refractivity contribution in [3.8, 4) is 0 Å². The molecule has 1 aromatic rings. The molecular formula is C11H19N3. The van der Waals surface area contributed by atoms with E-state index in [1.807, 2.05) is 19.3 Å². The highest BCUT2D eigenvalue weighted by Gasteiger charge is 2.14. The van der Waals surface area contributed by atoms with Gasteiger partial charge in [0, 0.05) is 31.0 Å². The van der Waals surface area contributed by atoms with Gasteiger partial charge in [0.2, 0.25) is 0 Å². The lowest BCUT2D eigenvalue weighted by Gasteiger charge is -2.26. The Bertz CT molecular complexity index is 256. The Hall–Kier alpha value is -0.930.